The number of rotatable bonds is 4. The van der Waals surface area contributed by atoms with E-state index in [1.54, 1.807) is 6.20 Å². The molecule has 0 spiro atoms. The minimum Gasteiger partial charge on any atom is -0.394 e. The van der Waals surface area contributed by atoms with Gasteiger partial charge in [0.05, 0.1) is 30.2 Å². The van der Waals surface area contributed by atoms with Gasteiger partial charge in [-0.3, -0.25) is 4.98 Å². The van der Waals surface area contributed by atoms with E-state index in [0.29, 0.717) is 0 Å². The van der Waals surface area contributed by atoms with Crippen molar-refractivity contribution in [2.45, 2.75) is 33.2 Å². The van der Waals surface area contributed by atoms with Crippen LogP contribution in [0, 0.1) is 13.8 Å². The summed E-state index contributed by atoms with van der Waals surface area (Å²) in [6.45, 7) is 5.98. The Hall–Kier alpha value is -1.16. The van der Waals surface area contributed by atoms with Gasteiger partial charge in [0.2, 0.25) is 0 Å². The third kappa shape index (κ3) is 2.67. The maximum absolute atomic E-state index is 9.00. The summed E-state index contributed by atoms with van der Waals surface area (Å²) in [6.07, 6.45) is 2.56. The Labute approximate surface area is 84.4 Å². The molecule has 1 atom stereocenters. The number of aromatic nitrogens is 2. The zero-order valence-electron chi connectivity index (χ0n) is 8.91. The van der Waals surface area contributed by atoms with Crippen molar-refractivity contribution in [1.29, 1.82) is 0 Å². The molecular weight excluding hydrogens is 178 g/mol. The highest BCUT2D eigenvalue weighted by molar-refractivity contribution is 5.34. The van der Waals surface area contributed by atoms with Crippen LogP contribution in [0.15, 0.2) is 6.20 Å². The van der Waals surface area contributed by atoms with Crippen LogP contribution in [0.3, 0.4) is 0 Å². The van der Waals surface area contributed by atoms with Gasteiger partial charge in [-0.05, 0) is 20.3 Å². The van der Waals surface area contributed by atoms with Crippen molar-refractivity contribution in [1.82, 2.24) is 9.97 Å². The van der Waals surface area contributed by atoms with Crippen molar-refractivity contribution in [3.63, 3.8) is 0 Å². The topological polar surface area (TPSA) is 58.0 Å². The lowest BCUT2D eigenvalue weighted by molar-refractivity contribution is 0.271. The summed E-state index contributed by atoms with van der Waals surface area (Å²) in [5.74, 6) is 0.731. The van der Waals surface area contributed by atoms with E-state index in [-0.39, 0.29) is 12.6 Å². The van der Waals surface area contributed by atoms with Crippen LogP contribution in [0.25, 0.3) is 0 Å². The number of hydrogen-bond acceptors (Lipinski definition) is 4. The quantitative estimate of drug-likeness (QED) is 0.759. The molecule has 1 aromatic rings. The average Bonchev–Trinajstić information content (AvgIpc) is 2.19. The average molecular weight is 195 g/mol. The second-order valence-electron chi connectivity index (χ2n) is 3.36. The molecule has 78 valence electrons. The molecule has 4 nitrogen and oxygen atoms in total. The first-order valence-corrected chi connectivity index (χ1v) is 4.85. The van der Waals surface area contributed by atoms with Crippen LogP contribution < -0.4 is 5.32 Å². The van der Waals surface area contributed by atoms with E-state index in [4.69, 9.17) is 5.11 Å². The Morgan fingerprint density at radius 2 is 2.14 bits per heavy atom. The van der Waals surface area contributed by atoms with E-state index in [0.717, 1.165) is 23.6 Å². The molecule has 1 unspecified atom stereocenters. The van der Waals surface area contributed by atoms with Gasteiger partial charge in [0.1, 0.15) is 5.82 Å². The molecule has 0 saturated carbocycles. The number of aliphatic hydroxyl groups excluding tert-OH is 1. The van der Waals surface area contributed by atoms with Gasteiger partial charge in [-0.25, -0.2) is 4.98 Å². The maximum Gasteiger partial charge on any atom is 0.145 e. The molecule has 1 heterocycles. The Balaban J connectivity index is 2.72. The summed E-state index contributed by atoms with van der Waals surface area (Å²) in [7, 11) is 0. The Morgan fingerprint density at radius 3 is 2.64 bits per heavy atom. The molecule has 1 aromatic heterocycles. The summed E-state index contributed by atoms with van der Waals surface area (Å²) < 4.78 is 0. The monoisotopic (exact) mass is 195 g/mol. The SMILES string of the molecule is CCC(CO)Nc1cnc(C)c(C)n1. The standard InChI is InChI=1S/C10H17N3O/c1-4-9(6-14)13-10-5-11-7(2)8(3)12-10/h5,9,14H,4,6H2,1-3H3,(H,12,13). The number of nitrogens with one attached hydrogen (secondary N) is 1. The fourth-order valence-corrected chi connectivity index (χ4v) is 1.10. The summed E-state index contributed by atoms with van der Waals surface area (Å²) in [4.78, 5) is 8.52. The van der Waals surface area contributed by atoms with Crippen LogP contribution in [0.4, 0.5) is 5.82 Å². The molecule has 2 N–H and O–H groups in total. The minimum absolute atomic E-state index is 0.0615. The van der Waals surface area contributed by atoms with E-state index in [2.05, 4.69) is 15.3 Å². The maximum atomic E-state index is 9.00. The predicted octanol–water partition coefficient (Wildman–Crippen LogP) is 1.28. The molecule has 0 amide bonds. The summed E-state index contributed by atoms with van der Waals surface area (Å²) in [5, 5.41) is 12.1. The molecule has 0 radical (unpaired) electrons. The van der Waals surface area contributed by atoms with Gasteiger partial charge >= 0.3 is 0 Å². The molecule has 0 aliphatic rings. The molecule has 0 aliphatic heterocycles. The largest absolute Gasteiger partial charge is 0.394 e. The van der Waals surface area contributed by atoms with Crippen molar-refractivity contribution < 1.29 is 5.11 Å². The first kappa shape index (κ1) is 10.9. The van der Waals surface area contributed by atoms with E-state index in [1.165, 1.54) is 0 Å². The highest BCUT2D eigenvalue weighted by Gasteiger charge is 2.05. The van der Waals surface area contributed by atoms with Gasteiger partial charge in [0.25, 0.3) is 0 Å². The Bertz CT molecular complexity index is 297. The van der Waals surface area contributed by atoms with Gasteiger partial charge in [-0.15, -0.1) is 0 Å². The van der Waals surface area contributed by atoms with Crippen molar-refractivity contribution in [2.75, 3.05) is 11.9 Å². The van der Waals surface area contributed by atoms with Crippen LogP contribution in [-0.4, -0.2) is 27.7 Å². The highest BCUT2D eigenvalue weighted by atomic mass is 16.3. The third-order valence-corrected chi connectivity index (χ3v) is 2.26. The van der Waals surface area contributed by atoms with E-state index >= 15 is 0 Å². The van der Waals surface area contributed by atoms with Gasteiger partial charge < -0.3 is 10.4 Å². The number of anilines is 1. The minimum atomic E-state index is 0.0615. The fraction of sp³-hybridized carbons (Fsp3) is 0.600. The lowest BCUT2D eigenvalue weighted by Crippen LogP contribution is -2.23. The molecule has 0 aliphatic carbocycles. The number of hydrogen-bond donors (Lipinski definition) is 2. The summed E-state index contributed by atoms with van der Waals surface area (Å²) in [5.41, 5.74) is 1.86. The van der Waals surface area contributed by atoms with Crippen LogP contribution in [0.2, 0.25) is 0 Å². The predicted molar refractivity (Wildman–Crippen MR) is 56.3 cm³/mol. The summed E-state index contributed by atoms with van der Waals surface area (Å²) >= 11 is 0. The second-order valence-corrected chi connectivity index (χ2v) is 3.36. The molecule has 14 heavy (non-hydrogen) atoms. The van der Waals surface area contributed by atoms with Crippen molar-refractivity contribution in [3.05, 3.63) is 17.6 Å². The third-order valence-electron chi connectivity index (χ3n) is 2.26. The van der Waals surface area contributed by atoms with Crippen LogP contribution in [0.1, 0.15) is 24.7 Å². The van der Waals surface area contributed by atoms with Gasteiger partial charge in [-0.1, -0.05) is 6.92 Å². The smallest absolute Gasteiger partial charge is 0.145 e. The fourth-order valence-electron chi connectivity index (χ4n) is 1.10. The number of aryl methyl sites for hydroxylation is 2. The normalized spacial score (nSPS) is 12.6. The van der Waals surface area contributed by atoms with Crippen LogP contribution >= 0.6 is 0 Å². The summed E-state index contributed by atoms with van der Waals surface area (Å²) in [6, 6.07) is 0.0615. The second kappa shape index (κ2) is 4.91. The van der Waals surface area contributed by atoms with Gasteiger partial charge in [-0.2, -0.15) is 0 Å². The molecule has 0 fully saturated rings. The Morgan fingerprint density at radius 1 is 1.43 bits per heavy atom. The first-order chi connectivity index (χ1) is 6.67. The zero-order valence-corrected chi connectivity index (χ0v) is 8.91. The zero-order chi connectivity index (χ0) is 10.6. The Kier molecular flexibility index (Phi) is 3.83. The lowest BCUT2D eigenvalue weighted by atomic mass is 10.2. The van der Waals surface area contributed by atoms with E-state index in [1.807, 2.05) is 20.8 Å². The van der Waals surface area contributed by atoms with Crippen LogP contribution in [-0.2, 0) is 0 Å². The first-order valence-electron chi connectivity index (χ1n) is 4.85. The van der Waals surface area contributed by atoms with Crippen LogP contribution in [0.5, 0.6) is 0 Å². The van der Waals surface area contributed by atoms with E-state index < -0.39 is 0 Å². The lowest BCUT2D eigenvalue weighted by Gasteiger charge is -2.14. The highest BCUT2D eigenvalue weighted by Crippen LogP contribution is 2.07. The van der Waals surface area contributed by atoms with Crippen molar-refractivity contribution in [3.8, 4) is 0 Å². The molecule has 1 rings (SSSR count). The van der Waals surface area contributed by atoms with E-state index in [9.17, 15) is 0 Å². The van der Waals surface area contributed by atoms with Crippen molar-refractivity contribution in [2.24, 2.45) is 0 Å². The molecule has 0 bridgehead atoms. The molecule has 0 saturated heterocycles. The van der Waals surface area contributed by atoms with Gasteiger partial charge in [0, 0.05) is 0 Å². The van der Waals surface area contributed by atoms with Gasteiger partial charge in [0.15, 0.2) is 0 Å². The molecular formula is C10H17N3O. The number of aliphatic hydroxyl groups is 1. The molecule has 0 aromatic carbocycles. The van der Waals surface area contributed by atoms with Crippen molar-refractivity contribution >= 4 is 5.82 Å². The molecule has 4 heteroatoms. The number of nitrogens with zero attached hydrogens (tertiary/aromatic N) is 2.